The fourth-order valence-electron chi connectivity index (χ4n) is 8.87. The summed E-state index contributed by atoms with van der Waals surface area (Å²) >= 11 is 0. The van der Waals surface area contributed by atoms with Crippen LogP contribution in [0.15, 0.2) is 102 Å². The van der Waals surface area contributed by atoms with E-state index in [0.29, 0.717) is 40.8 Å². The number of halogens is 1. The van der Waals surface area contributed by atoms with Crippen molar-refractivity contribution in [3.8, 4) is 5.69 Å². The van der Waals surface area contributed by atoms with Crippen molar-refractivity contribution in [2.75, 3.05) is 11.5 Å². The minimum absolute atomic E-state index is 0.127. The van der Waals surface area contributed by atoms with Gasteiger partial charge in [-0.05, 0) is 66.5 Å². The lowest BCUT2D eigenvalue weighted by atomic mass is 9.82. The van der Waals surface area contributed by atoms with Gasteiger partial charge in [-0.1, -0.05) is 73.7 Å². The molecule has 1 aromatic heterocycles. The van der Waals surface area contributed by atoms with Crippen molar-refractivity contribution >= 4 is 36.8 Å². The van der Waals surface area contributed by atoms with E-state index in [0.717, 1.165) is 16.7 Å². The van der Waals surface area contributed by atoms with Crippen molar-refractivity contribution in [1.82, 2.24) is 14.7 Å². The van der Waals surface area contributed by atoms with Gasteiger partial charge in [-0.25, -0.2) is 4.68 Å². The van der Waals surface area contributed by atoms with Crippen LogP contribution in [-0.4, -0.2) is 58.8 Å². The highest BCUT2D eigenvalue weighted by molar-refractivity contribution is 6.72. The van der Waals surface area contributed by atoms with Crippen LogP contribution in [0.4, 0.5) is 9.80 Å². The molecule has 0 bridgehead atoms. The molecule has 3 aliphatic heterocycles. The summed E-state index contributed by atoms with van der Waals surface area (Å²) in [4.78, 5) is 46.1. The number of aromatic nitrogens is 2. The van der Waals surface area contributed by atoms with E-state index in [-0.39, 0.29) is 36.9 Å². The van der Waals surface area contributed by atoms with Crippen molar-refractivity contribution in [2.45, 2.75) is 69.2 Å². The second-order valence-electron chi connectivity index (χ2n) is 14.7. The maximum atomic E-state index is 16.6. The molecule has 4 heterocycles. The Bertz CT molecular complexity index is 2210. The maximum Gasteiger partial charge on any atom is 0.279 e. The fourth-order valence-corrected chi connectivity index (χ4v) is 11.4. The van der Waals surface area contributed by atoms with Crippen LogP contribution in [0.1, 0.15) is 35.6 Å². The van der Waals surface area contributed by atoms with Crippen molar-refractivity contribution in [2.24, 2.45) is 5.92 Å². The number of benzene rings is 4. The first kappa shape index (κ1) is 33.3. The molecule has 1 saturated heterocycles. The first-order chi connectivity index (χ1) is 24.5. The Balaban J connectivity index is 1.22. The monoisotopic (exact) mass is 704 g/mol. The summed E-state index contributed by atoms with van der Waals surface area (Å²) in [5.41, 5.74) is 2.88. The Morgan fingerprint density at radius 2 is 1.69 bits per heavy atom. The number of aromatic amines is 1. The molecule has 1 fully saturated rings. The number of fused-ring (bicyclic) bond motifs is 4. The van der Waals surface area contributed by atoms with Crippen molar-refractivity contribution in [3.63, 3.8) is 0 Å². The summed E-state index contributed by atoms with van der Waals surface area (Å²) in [6.45, 7) is 5.51. The van der Waals surface area contributed by atoms with E-state index in [1.54, 1.807) is 35.0 Å². The van der Waals surface area contributed by atoms with Gasteiger partial charge in [0.1, 0.15) is 0 Å². The summed E-state index contributed by atoms with van der Waals surface area (Å²) in [5, 5.41) is 14.0. The van der Waals surface area contributed by atoms with Crippen LogP contribution in [-0.2, 0) is 39.4 Å². The molecule has 0 unspecified atom stereocenters. The third kappa shape index (κ3) is 5.37. The molecule has 2 N–H and O–H groups in total. The highest BCUT2D eigenvalue weighted by Crippen LogP contribution is 2.60. The summed E-state index contributed by atoms with van der Waals surface area (Å²) < 4.78 is 25.0. The number of nitrogens with one attached hydrogen (secondary N) is 1. The molecule has 0 radical (unpaired) electrons. The van der Waals surface area contributed by atoms with Gasteiger partial charge in [0.25, 0.3) is 11.5 Å². The fraction of sp³-hybridized carbons (Fsp3) is 0.325. The van der Waals surface area contributed by atoms with Gasteiger partial charge in [-0.2, -0.15) is 0 Å². The number of aliphatic hydroxyl groups is 1. The quantitative estimate of drug-likeness (QED) is 0.160. The number of ether oxygens (including phenoxy) is 1. The molecule has 4 aromatic carbocycles. The lowest BCUT2D eigenvalue weighted by Gasteiger charge is -2.37. The normalized spacial score (nSPS) is 24.4. The third-order valence-electron chi connectivity index (χ3n) is 11.2. The second-order valence-corrected chi connectivity index (χ2v) is 18.5. The molecule has 0 aliphatic carbocycles. The summed E-state index contributed by atoms with van der Waals surface area (Å²) in [6.07, 6.45) is -0.491. The number of anilines is 1. The highest BCUT2D eigenvalue weighted by Gasteiger charge is 2.67. The molecule has 51 heavy (non-hydrogen) atoms. The SMILES string of the molecule is C[C@@H]1[C@@H]([Si](C)(C)F)[C@H](CC(=O)N2Cc3ccccc3C[C@H]2CO)O[C@@]12C(=O)N(Cc1ccccc1)c1ccc(-n3[nH]c4ccccc4c3=O)cc12. The highest BCUT2D eigenvalue weighted by atomic mass is 28.4. The van der Waals surface area contributed by atoms with Crippen LogP contribution in [0.2, 0.25) is 18.6 Å². The number of aliphatic hydroxyl groups excluding tert-OH is 1. The van der Waals surface area contributed by atoms with Crippen LogP contribution in [0, 0.1) is 5.92 Å². The third-order valence-corrected chi connectivity index (χ3v) is 13.7. The molecule has 5 aromatic rings. The van der Waals surface area contributed by atoms with Gasteiger partial charge in [-0.3, -0.25) is 19.5 Å². The zero-order valence-electron chi connectivity index (χ0n) is 28.9. The number of amides is 2. The van der Waals surface area contributed by atoms with Gasteiger partial charge < -0.3 is 23.8 Å². The number of para-hydroxylation sites is 1. The molecular weight excluding hydrogens is 664 g/mol. The average molecular weight is 705 g/mol. The number of rotatable bonds is 7. The number of carbonyl (C=O) groups excluding carboxylic acids is 2. The van der Waals surface area contributed by atoms with E-state index in [4.69, 9.17) is 4.74 Å². The molecule has 0 saturated carbocycles. The Labute approximate surface area is 296 Å². The van der Waals surface area contributed by atoms with Crippen molar-refractivity contribution in [3.05, 3.63) is 130 Å². The molecule has 8 rings (SSSR count). The van der Waals surface area contributed by atoms with Gasteiger partial charge in [0.05, 0.1) is 54.0 Å². The lowest BCUT2D eigenvalue weighted by molar-refractivity contribution is -0.151. The predicted molar refractivity (Wildman–Crippen MR) is 196 cm³/mol. The predicted octanol–water partition coefficient (Wildman–Crippen LogP) is 5.98. The number of H-pyrrole nitrogens is 1. The van der Waals surface area contributed by atoms with E-state index in [1.165, 1.54) is 4.68 Å². The van der Waals surface area contributed by atoms with E-state index in [9.17, 15) is 19.5 Å². The molecule has 2 amide bonds. The van der Waals surface area contributed by atoms with Crippen LogP contribution in [0.3, 0.4) is 0 Å². The smallest absolute Gasteiger partial charge is 0.279 e. The van der Waals surface area contributed by atoms with Gasteiger partial charge in [0, 0.05) is 23.6 Å². The van der Waals surface area contributed by atoms with E-state index >= 15 is 4.11 Å². The Kier molecular flexibility index (Phi) is 8.12. The number of hydrogen-bond acceptors (Lipinski definition) is 5. The minimum Gasteiger partial charge on any atom is -0.394 e. The molecule has 262 valence electrons. The Morgan fingerprint density at radius 1 is 0.980 bits per heavy atom. The number of carbonyl (C=O) groups is 2. The number of nitrogens with zero attached hydrogens (tertiary/aromatic N) is 3. The minimum atomic E-state index is -3.58. The maximum absolute atomic E-state index is 16.6. The van der Waals surface area contributed by atoms with Crippen LogP contribution >= 0.6 is 0 Å². The largest absolute Gasteiger partial charge is 0.394 e. The van der Waals surface area contributed by atoms with Gasteiger partial charge >= 0.3 is 0 Å². The Hall–Kier alpha value is -4.84. The zero-order chi connectivity index (χ0) is 35.7. The average Bonchev–Trinajstić information content (AvgIpc) is 3.71. The van der Waals surface area contributed by atoms with E-state index in [2.05, 4.69) is 5.10 Å². The van der Waals surface area contributed by atoms with Crippen LogP contribution < -0.4 is 10.5 Å². The molecule has 9 nitrogen and oxygen atoms in total. The zero-order valence-corrected chi connectivity index (χ0v) is 29.9. The topological polar surface area (TPSA) is 108 Å². The summed E-state index contributed by atoms with van der Waals surface area (Å²) in [7, 11) is -3.58. The van der Waals surface area contributed by atoms with Gasteiger partial charge in [0.15, 0.2) is 5.60 Å². The molecule has 3 aliphatic rings. The van der Waals surface area contributed by atoms with Gasteiger partial charge in [0.2, 0.25) is 14.3 Å². The standard InChI is InChI=1S/C40H41FN4O5Si/c1-25-37(51(2,3)41)35(21-36(47)43-23-28-14-8-7-13-27(28)19-30(43)24-46)50-40(25)32-20-29(45-38(48)31-15-9-10-16-33(31)42-45)17-18-34(32)44(39(40)49)22-26-11-5-4-6-12-26/h4-18,20,25,30,35,37,42,46H,19,21-24H2,1-3H3/t25-,30+,35+,37-,40+/m1/s1. The first-order valence-corrected chi connectivity index (χ1v) is 20.5. The molecule has 5 atom stereocenters. The first-order valence-electron chi connectivity index (χ1n) is 17.6. The summed E-state index contributed by atoms with van der Waals surface area (Å²) in [6, 6.07) is 29.8. The van der Waals surface area contributed by atoms with Crippen molar-refractivity contribution in [1.29, 1.82) is 0 Å². The molecule has 11 heteroatoms. The Morgan fingerprint density at radius 3 is 2.41 bits per heavy atom. The van der Waals surface area contributed by atoms with Gasteiger partial charge in [-0.15, -0.1) is 0 Å². The summed E-state index contributed by atoms with van der Waals surface area (Å²) in [5.74, 6) is -1.18. The lowest BCUT2D eigenvalue weighted by Crippen LogP contribution is -2.48. The van der Waals surface area contributed by atoms with Crippen LogP contribution in [0.25, 0.3) is 16.6 Å². The molecular formula is C40H41FN4O5Si. The van der Waals surface area contributed by atoms with Crippen molar-refractivity contribution < 1.29 is 23.5 Å². The van der Waals surface area contributed by atoms with E-state index < -0.39 is 37.6 Å². The molecule has 1 spiro atoms. The second kappa shape index (κ2) is 12.4. The van der Waals surface area contributed by atoms with E-state index in [1.807, 2.05) is 91.9 Å². The number of hydrogen-bond donors (Lipinski definition) is 2. The van der Waals surface area contributed by atoms with Crippen LogP contribution in [0.5, 0.6) is 0 Å².